The van der Waals surface area contributed by atoms with E-state index in [4.69, 9.17) is 0 Å². The van der Waals surface area contributed by atoms with E-state index in [1.807, 2.05) is 13.0 Å². The molecule has 0 aliphatic rings. The van der Waals surface area contributed by atoms with E-state index in [9.17, 15) is 8.78 Å². The number of hydrogen-bond donors (Lipinski definition) is 3. The second-order valence-electron chi connectivity index (χ2n) is 5.22. The lowest BCUT2D eigenvalue weighted by Crippen LogP contribution is -2.07. The summed E-state index contributed by atoms with van der Waals surface area (Å²) in [5.41, 5.74) is 2.39. The van der Waals surface area contributed by atoms with Crippen LogP contribution in [0.3, 0.4) is 0 Å². The molecule has 0 fully saturated rings. The van der Waals surface area contributed by atoms with Crippen LogP contribution in [-0.4, -0.2) is 26.8 Å². The van der Waals surface area contributed by atoms with Crippen LogP contribution < -0.4 is 15.4 Å². The minimum absolute atomic E-state index is 0.121. The molecule has 3 N–H and O–H groups in total. The van der Waals surface area contributed by atoms with Gasteiger partial charge in [0, 0.05) is 24.5 Å². The second-order valence-corrected chi connectivity index (χ2v) is 5.22. The van der Waals surface area contributed by atoms with Crippen molar-refractivity contribution in [1.82, 2.24) is 20.2 Å². The third kappa shape index (κ3) is 4.63. The molecule has 130 valence electrons. The molecule has 0 spiro atoms. The topological polar surface area (TPSA) is 87.8 Å². The Morgan fingerprint density at radius 3 is 2.92 bits per heavy atom. The van der Waals surface area contributed by atoms with E-state index in [1.54, 1.807) is 30.7 Å². The average molecular weight is 346 g/mol. The average Bonchev–Trinajstić information content (AvgIpc) is 3.08. The molecule has 0 aliphatic heterocycles. The molecule has 3 rings (SSSR count). The van der Waals surface area contributed by atoms with Gasteiger partial charge in [-0.25, -0.2) is 4.98 Å². The number of rotatable bonds is 7. The normalized spacial score (nSPS) is 10.7. The van der Waals surface area contributed by atoms with Gasteiger partial charge in [-0.15, -0.1) is 0 Å². The molecule has 0 bridgehead atoms. The molecule has 0 radical (unpaired) electrons. The van der Waals surface area contributed by atoms with Crippen LogP contribution in [0.4, 0.5) is 26.2 Å². The van der Waals surface area contributed by atoms with Gasteiger partial charge in [0.1, 0.15) is 11.6 Å². The second kappa shape index (κ2) is 7.56. The van der Waals surface area contributed by atoms with Gasteiger partial charge in [-0.1, -0.05) is 12.1 Å². The van der Waals surface area contributed by atoms with Crippen molar-refractivity contribution in [2.75, 3.05) is 10.6 Å². The van der Waals surface area contributed by atoms with E-state index >= 15 is 0 Å². The highest BCUT2D eigenvalue weighted by atomic mass is 19.3. The number of aromatic amines is 1. The maximum atomic E-state index is 12.3. The molecule has 2 heterocycles. The van der Waals surface area contributed by atoms with Crippen molar-refractivity contribution >= 4 is 17.5 Å². The highest BCUT2D eigenvalue weighted by Crippen LogP contribution is 2.19. The summed E-state index contributed by atoms with van der Waals surface area (Å²) in [6.45, 7) is -0.562. The van der Waals surface area contributed by atoms with Gasteiger partial charge in [-0.2, -0.15) is 18.9 Å². The van der Waals surface area contributed by atoms with E-state index in [0.29, 0.717) is 18.3 Å². The van der Waals surface area contributed by atoms with Crippen molar-refractivity contribution in [3.63, 3.8) is 0 Å². The van der Waals surface area contributed by atoms with Crippen molar-refractivity contribution < 1.29 is 13.5 Å². The molecular weight excluding hydrogens is 330 g/mol. The summed E-state index contributed by atoms with van der Waals surface area (Å²) in [5.74, 6) is 1.18. The minimum atomic E-state index is -2.84. The van der Waals surface area contributed by atoms with Gasteiger partial charge in [-0.05, 0) is 24.6 Å². The number of aryl methyl sites for hydroxylation is 1. The molecule has 3 aromatic rings. The highest BCUT2D eigenvalue weighted by molar-refractivity contribution is 5.54. The predicted octanol–water partition coefficient (Wildman–Crippen LogP) is 3.47. The summed E-state index contributed by atoms with van der Waals surface area (Å²) < 4.78 is 29.0. The van der Waals surface area contributed by atoms with Crippen LogP contribution in [0.15, 0.2) is 42.9 Å². The van der Waals surface area contributed by atoms with Crippen molar-refractivity contribution in [3.8, 4) is 5.75 Å². The SMILES string of the molecule is Cc1cnc(Nc2cn[nH]c2)nc1NCc1cccc(OC(F)F)c1. The quantitative estimate of drug-likeness (QED) is 0.607. The summed E-state index contributed by atoms with van der Waals surface area (Å²) >= 11 is 0. The molecule has 0 saturated heterocycles. The predicted molar refractivity (Wildman–Crippen MR) is 89.0 cm³/mol. The highest BCUT2D eigenvalue weighted by Gasteiger charge is 2.07. The van der Waals surface area contributed by atoms with E-state index in [2.05, 4.69) is 35.5 Å². The van der Waals surface area contributed by atoms with Gasteiger partial charge in [-0.3, -0.25) is 5.10 Å². The molecular formula is C16H16F2N6O. The van der Waals surface area contributed by atoms with Crippen molar-refractivity contribution in [1.29, 1.82) is 0 Å². The van der Waals surface area contributed by atoms with E-state index < -0.39 is 6.61 Å². The standard InChI is InChI=1S/C16H16F2N6O/c1-10-6-20-16(23-12-8-21-22-9-12)24-14(10)19-7-11-3-2-4-13(5-11)25-15(17)18/h2-6,8-9,15H,7H2,1H3,(H,21,22)(H2,19,20,23,24). The molecule has 0 unspecified atom stereocenters. The van der Waals surface area contributed by atoms with Gasteiger partial charge in [0.2, 0.25) is 5.95 Å². The maximum absolute atomic E-state index is 12.3. The Labute approximate surface area is 142 Å². The lowest BCUT2D eigenvalue weighted by atomic mass is 10.2. The third-order valence-electron chi connectivity index (χ3n) is 3.31. The maximum Gasteiger partial charge on any atom is 0.387 e. The number of nitrogens with zero attached hydrogens (tertiary/aromatic N) is 3. The van der Waals surface area contributed by atoms with Gasteiger partial charge in [0.05, 0.1) is 11.9 Å². The molecule has 0 atom stereocenters. The number of anilines is 3. The number of aromatic nitrogens is 4. The Morgan fingerprint density at radius 2 is 2.16 bits per heavy atom. The molecule has 2 aromatic heterocycles. The van der Waals surface area contributed by atoms with Crippen molar-refractivity contribution in [2.24, 2.45) is 0 Å². The fourth-order valence-corrected chi connectivity index (χ4v) is 2.15. The molecule has 25 heavy (non-hydrogen) atoms. The molecule has 0 saturated carbocycles. The smallest absolute Gasteiger partial charge is 0.387 e. The van der Waals surface area contributed by atoms with Gasteiger partial charge >= 0.3 is 6.61 Å². The van der Waals surface area contributed by atoms with Gasteiger partial charge in [0.25, 0.3) is 0 Å². The minimum Gasteiger partial charge on any atom is -0.435 e. The molecule has 1 aromatic carbocycles. The number of ether oxygens (including phenoxy) is 1. The van der Waals surface area contributed by atoms with Crippen LogP contribution >= 0.6 is 0 Å². The van der Waals surface area contributed by atoms with E-state index in [0.717, 1.165) is 16.8 Å². The fraction of sp³-hybridized carbons (Fsp3) is 0.188. The molecule has 0 aliphatic carbocycles. The Hall–Kier alpha value is -3.23. The summed E-state index contributed by atoms with van der Waals surface area (Å²) in [7, 11) is 0. The number of benzene rings is 1. The summed E-state index contributed by atoms with van der Waals surface area (Å²) in [6.07, 6.45) is 4.99. The van der Waals surface area contributed by atoms with Gasteiger partial charge < -0.3 is 15.4 Å². The number of H-pyrrole nitrogens is 1. The van der Waals surface area contributed by atoms with Crippen molar-refractivity contribution in [2.45, 2.75) is 20.1 Å². The Bertz CT molecular complexity index is 825. The fourth-order valence-electron chi connectivity index (χ4n) is 2.15. The van der Waals surface area contributed by atoms with Crippen LogP contribution in [0.2, 0.25) is 0 Å². The number of halogens is 2. The van der Waals surface area contributed by atoms with Crippen LogP contribution in [0, 0.1) is 6.92 Å². The van der Waals surface area contributed by atoms with Crippen LogP contribution in [0.25, 0.3) is 0 Å². The van der Waals surface area contributed by atoms with Gasteiger partial charge in [0.15, 0.2) is 0 Å². The van der Waals surface area contributed by atoms with Crippen LogP contribution in [-0.2, 0) is 6.54 Å². The zero-order valence-electron chi connectivity index (χ0n) is 13.3. The first kappa shape index (κ1) is 16.6. The Morgan fingerprint density at radius 1 is 1.28 bits per heavy atom. The summed E-state index contributed by atoms with van der Waals surface area (Å²) in [6, 6.07) is 6.51. The Balaban J connectivity index is 1.68. The first-order valence-corrected chi connectivity index (χ1v) is 7.47. The third-order valence-corrected chi connectivity index (χ3v) is 3.31. The number of hydrogen-bond acceptors (Lipinski definition) is 6. The summed E-state index contributed by atoms with van der Waals surface area (Å²) in [4.78, 5) is 8.62. The number of nitrogens with one attached hydrogen (secondary N) is 3. The van der Waals surface area contributed by atoms with Crippen LogP contribution in [0.5, 0.6) is 5.75 Å². The molecule has 7 nitrogen and oxygen atoms in total. The lowest BCUT2D eigenvalue weighted by molar-refractivity contribution is -0.0498. The Kier molecular flexibility index (Phi) is 5.03. The summed E-state index contributed by atoms with van der Waals surface area (Å²) in [5, 5.41) is 12.7. The molecule has 0 amide bonds. The van der Waals surface area contributed by atoms with E-state index in [-0.39, 0.29) is 5.75 Å². The zero-order valence-corrected chi connectivity index (χ0v) is 13.3. The molecule has 9 heteroatoms. The lowest BCUT2D eigenvalue weighted by Gasteiger charge is -2.11. The van der Waals surface area contributed by atoms with Crippen LogP contribution in [0.1, 0.15) is 11.1 Å². The zero-order chi connectivity index (χ0) is 17.6. The van der Waals surface area contributed by atoms with E-state index in [1.165, 1.54) is 6.07 Å². The first-order valence-electron chi connectivity index (χ1n) is 7.47. The largest absolute Gasteiger partial charge is 0.435 e. The number of alkyl halides is 2. The monoisotopic (exact) mass is 346 g/mol. The first-order chi connectivity index (χ1) is 12.1. The van der Waals surface area contributed by atoms with Crippen molar-refractivity contribution in [3.05, 3.63) is 54.0 Å².